The van der Waals surface area contributed by atoms with E-state index < -0.39 is 10.2 Å². The minimum absolute atomic E-state index is 0.223. The number of piperidine rings is 1. The van der Waals surface area contributed by atoms with Gasteiger partial charge in [0.05, 0.1) is 5.41 Å². The summed E-state index contributed by atoms with van der Waals surface area (Å²) in [7, 11) is 4.25. The maximum absolute atomic E-state index is 13.3. The predicted octanol–water partition coefficient (Wildman–Crippen LogP) is 2.74. The minimum atomic E-state index is -1.43. The van der Waals surface area contributed by atoms with Gasteiger partial charge in [-0.3, -0.25) is 9.69 Å². The number of nitrogens with zero attached hydrogens (tertiary/aromatic N) is 4. The molecular weight excluding hydrogens is 398 g/mol. The molecule has 1 spiro atoms. The van der Waals surface area contributed by atoms with Gasteiger partial charge < -0.3 is 5.32 Å². The number of halogens is 1. The van der Waals surface area contributed by atoms with Crippen LogP contribution in [0.4, 0.5) is 11.8 Å². The highest BCUT2D eigenvalue weighted by Gasteiger charge is 2.61. The number of hydrogen-bond acceptors (Lipinski definition) is 5. The van der Waals surface area contributed by atoms with Crippen LogP contribution in [0.2, 0.25) is 0 Å². The summed E-state index contributed by atoms with van der Waals surface area (Å²) in [6.45, 7) is 3.62. The van der Waals surface area contributed by atoms with E-state index in [2.05, 4.69) is 17.2 Å². The Balaban J connectivity index is 1.38. The van der Waals surface area contributed by atoms with Crippen molar-refractivity contribution in [3.63, 3.8) is 0 Å². The van der Waals surface area contributed by atoms with Crippen molar-refractivity contribution in [3.8, 4) is 0 Å². The monoisotopic (exact) mass is 423 g/mol. The van der Waals surface area contributed by atoms with E-state index in [1.165, 1.54) is 12.8 Å². The molecule has 2 saturated carbocycles. The summed E-state index contributed by atoms with van der Waals surface area (Å²) in [6, 6.07) is 0.483. The van der Waals surface area contributed by atoms with E-state index >= 15 is 0 Å². The molecule has 0 aromatic carbocycles. The second-order valence-electron chi connectivity index (χ2n) is 8.72. The Morgan fingerprint density at radius 2 is 2.00 bits per heavy atom. The molecule has 3 heterocycles. The fraction of sp³-hybridized carbons (Fsp3) is 0.737. The van der Waals surface area contributed by atoms with Crippen LogP contribution < -0.4 is 10.2 Å². The number of carbonyl (C=O) groups is 1. The van der Waals surface area contributed by atoms with Crippen LogP contribution in [-0.2, 0) is 20.4 Å². The van der Waals surface area contributed by atoms with E-state index in [4.69, 9.17) is 15.7 Å². The summed E-state index contributed by atoms with van der Waals surface area (Å²) in [5, 5.41) is 3.43. The smallest absolute Gasteiger partial charge is 0.239 e. The van der Waals surface area contributed by atoms with E-state index in [0.717, 1.165) is 43.5 Å². The van der Waals surface area contributed by atoms with Crippen molar-refractivity contribution in [2.24, 2.45) is 5.92 Å². The molecule has 0 bridgehead atoms. The molecule has 1 aromatic heterocycles. The van der Waals surface area contributed by atoms with Crippen molar-refractivity contribution in [3.05, 3.63) is 11.8 Å². The first-order valence-corrected chi connectivity index (χ1v) is 12.2. The van der Waals surface area contributed by atoms with Gasteiger partial charge >= 0.3 is 0 Å². The first-order valence-electron chi connectivity index (χ1n) is 10.3. The van der Waals surface area contributed by atoms with Gasteiger partial charge in [-0.2, -0.15) is 4.98 Å². The van der Waals surface area contributed by atoms with Gasteiger partial charge in [-0.15, -0.1) is 0 Å². The quantitative estimate of drug-likeness (QED) is 0.753. The topological polar surface area (TPSA) is 78.4 Å². The van der Waals surface area contributed by atoms with Crippen LogP contribution in [0.1, 0.15) is 57.4 Å². The minimum Gasteiger partial charge on any atom is -0.351 e. The molecule has 7 nitrogen and oxygen atoms in total. The zero-order valence-electron chi connectivity index (χ0n) is 16.1. The zero-order chi connectivity index (χ0) is 19.5. The molecule has 2 aliphatic heterocycles. The molecule has 3 atom stereocenters. The van der Waals surface area contributed by atoms with Gasteiger partial charge in [-0.1, -0.05) is 13.3 Å². The molecule has 2 aliphatic carbocycles. The molecule has 1 aromatic rings. The molecule has 3 unspecified atom stereocenters. The highest BCUT2D eigenvalue weighted by molar-refractivity contribution is 8.06. The fourth-order valence-corrected chi connectivity index (χ4v) is 6.07. The van der Waals surface area contributed by atoms with Crippen molar-refractivity contribution >= 4 is 38.6 Å². The third-order valence-electron chi connectivity index (χ3n) is 7.03. The number of rotatable bonds is 4. The SMILES string of the molecule is CC1CCCC1N1C(=O)C2(CC2)c2cnc(NC3CCN(S(=O)Cl)CC3)nc21. The van der Waals surface area contributed by atoms with Gasteiger partial charge in [0.2, 0.25) is 11.9 Å². The predicted molar refractivity (Wildman–Crippen MR) is 109 cm³/mol. The second-order valence-corrected chi connectivity index (χ2v) is 10.4. The maximum atomic E-state index is 13.3. The highest BCUT2D eigenvalue weighted by atomic mass is 35.7. The van der Waals surface area contributed by atoms with Crippen molar-refractivity contribution in [2.75, 3.05) is 23.3 Å². The molecule has 152 valence electrons. The molecule has 0 radical (unpaired) electrons. The van der Waals surface area contributed by atoms with E-state index in [0.29, 0.717) is 25.0 Å². The van der Waals surface area contributed by atoms with Crippen molar-refractivity contribution in [1.29, 1.82) is 0 Å². The van der Waals surface area contributed by atoms with Gasteiger partial charge in [-0.25, -0.2) is 13.5 Å². The van der Waals surface area contributed by atoms with Crippen molar-refractivity contribution < 1.29 is 9.00 Å². The van der Waals surface area contributed by atoms with Gasteiger partial charge in [0.15, 0.2) is 10.2 Å². The van der Waals surface area contributed by atoms with Crippen LogP contribution in [0.25, 0.3) is 0 Å². The molecule has 1 saturated heterocycles. The van der Waals surface area contributed by atoms with Gasteiger partial charge in [-0.05, 0) is 44.4 Å². The Morgan fingerprint density at radius 3 is 2.61 bits per heavy atom. The Bertz CT molecular complexity index is 825. The lowest BCUT2D eigenvalue weighted by atomic mass is 10.0. The van der Waals surface area contributed by atoms with E-state index in [1.807, 2.05) is 11.1 Å². The molecule has 5 rings (SSSR count). The number of nitrogens with one attached hydrogen (secondary N) is 1. The van der Waals surface area contributed by atoms with Crippen LogP contribution in [0.3, 0.4) is 0 Å². The highest BCUT2D eigenvalue weighted by Crippen LogP contribution is 2.58. The Labute approximate surface area is 172 Å². The number of aromatic nitrogens is 2. The summed E-state index contributed by atoms with van der Waals surface area (Å²) >= 11 is 0. The van der Waals surface area contributed by atoms with E-state index in [9.17, 15) is 9.00 Å². The van der Waals surface area contributed by atoms with Gasteiger partial charge in [0.1, 0.15) is 5.82 Å². The van der Waals surface area contributed by atoms with Crippen LogP contribution in [0, 0.1) is 5.92 Å². The summed E-state index contributed by atoms with van der Waals surface area (Å²) in [6.07, 6.45) is 8.79. The van der Waals surface area contributed by atoms with Crippen LogP contribution in [0.5, 0.6) is 0 Å². The molecule has 1 amide bonds. The average molecular weight is 424 g/mol. The summed E-state index contributed by atoms with van der Waals surface area (Å²) in [5.41, 5.74) is 0.681. The van der Waals surface area contributed by atoms with Gasteiger partial charge in [0, 0.05) is 47.6 Å². The largest absolute Gasteiger partial charge is 0.351 e. The Morgan fingerprint density at radius 1 is 1.25 bits per heavy atom. The normalized spacial score (nSPS) is 30.6. The summed E-state index contributed by atoms with van der Waals surface area (Å²) in [4.78, 5) is 24.7. The molecule has 3 fully saturated rings. The lowest BCUT2D eigenvalue weighted by Crippen LogP contribution is -2.42. The van der Waals surface area contributed by atoms with Gasteiger partial charge in [0.25, 0.3) is 0 Å². The van der Waals surface area contributed by atoms with Crippen LogP contribution in [0.15, 0.2) is 6.20 Å². The molecule has 28 heavy (non-hydrogen) atoms. The number of carbonyl (C=O) groups excluding carboxylic acids is 1. The third kappa shape index (κ3) is 2.95. The third-order valence-corrected chi connectivity index (χ3v) is 8.39. The Hall–Kier alpha value is -1.25. The zero-order valence-corrected chi connectivity index (χ0v) is 17.6. The summed E-state index contributed by atoms with van der Waals surface area (Å²) in [5.74, 6) is 2.17. The number of fused-ring (bicyclic) bond motifs is 2. The lowest BCUT2D eigenvalue weighted by Gasteiger charge is -2.30. The number of anilines is 2. The van der Waals surface area contributed by atoms with E-state index in [-0.39, 0.29) is 23.4 Å². The molecule has 4 aliphatic rings. The summed E-state index contributed by atoms with van der Waals surface area (Å²) < 4.78 is 13.2. The fourth-order valence-electron chi connectivity index (χ4n) is 5.16. The molecule has 9 heteroatoms. The average Bonchev–Trinajstić information content (AvgIpc) is 3.33. The van der Waals surface area contributed by atoms with Crippen molar-refractivity contribution in [1.82, 2.24) is 14.3 Å². The first kappa shape index (κ1) is 18.8. The maximum Gasteiger partial charge on any atom is 0.239 e. The lowest BCUT2D eigenvalue weighted by molar-refractivity contribution is -0.120. The number of amides is 1. The second kappa shape index (κ2) is 6.92. The molecule has 1 N–H and O–H groups in total. The standard InChI is InChI=1S/C19H26ClN5O2S/c1-12-3-2-4-15(12)25-16-14(19(7-8-19)17(25)26)11-21-18(23-16)22-13-5-9-24(10-6-13)28(20)27/h11-13,15H,2-10H2,1H3,(H,21,22,23). The molecular formula is C19H26ClN5O2S. The van der Waals surface area contributed by atoms with Crippen LogP contribution in [-0.4, -0.2) is 49.6 Å². The number of hydrogen-bond donors (Lipinski definition) is 1. The first-order chi connectivity index (χ1) is 13.5. The van der Waals surface area contributed by atoms with E-state index in [1.54, 1.807) is 4.31 Å². The van der Waals surface area contributed by atoms with Crippen LogP contribution >= 0.6 is 10.7 Å². The Kier molecular flexibility index (Phi) is 4.63. The van der Waals surface area contributed by atoms with Crippen molar-refractivity contribution in [2.45, 2.75) is 69.4 Å².